The Morgan fingerprint density at radius 3 is 2.29 bits per heavy atom. The van der Waals surface area contributed by atoms with E-state index in [2.05, 4.69) is 12.2 Å². The fourth-order valence-corrected chi connectivity index (χ4v) is 2.76. The van der Waals surface area contributed by atoms with Crippen molar-refractivity contribution in [2.24, 2.45) is 0 Å². The van der Waals surface area contributed by atoms with E-state index in [0.717, 1.165) is 29.7 Å². The summed E-state index contributed by atoms with van der Waals surface area (Å²) in [6.07, 6.45) is 1.75. The van der Waals surface area contributed by atoms with E-state index < -0.39 is 0 Å². The Hall–Kier alpha value is -2.49. The van der Waals surface area contributed by atoms with Crippen molar-refractivity contribution in [3.63, 3.8) is 0 Å². The van der Waals surface area contributed by atoms with Crippen molar-refractivity contribution in [3.05, 3.63) is 53.6 Å². The van der Waals surface area contributed by atoms with Crippen LogP contribution in [-0.2, 0) is 4.79 Å². The van der Waals surface area contributed by atoms with Crippen LogP contribution in [0, 0.1) is 6.92 Å². The maximum atomic E-state index is 12.8. The molecule has 4 heteroatoms. The van der Waals surface area contributed by atoms with Gasteiger partial charge in [0.15, 0.2) is 11.5 Å². The van der Waals surface area contributed by atoms with Crippen molar-refractivity contribution in [1.82, 2.24) is 0 Å². The van der Waals surface area contributed by atoms with Gasteiger partial charge in [-0.2, -0.15) is 0 Å². The van der Waals surface area contributed by atoms with Crippen LogP contribution in [0.1, 0.15) is 36.8 Å². The highest BCUT2D eigenvalue weighted by Crippen LogP contribution is 2.33. The first-order chi connectivity index (χ1) is 11.6. The Kier molecular flexibility index (Phi) is 6.24. The van der Waals surface area contributed by atoms with Crippen molar-refractivity contribution in [1.29, 1.82) is 0 Å². The number of hydrogen-bond acceptors (Lipinski definition) is 3. The van der Waals surface area contributed by atoms with Gasteiger partial charge in [0.25, 0.3) is 0 Å². The van der Waals surface area contributed by atoms with Crippen LogP contribution >= 0.6 is 0 Å². The summed E-state index contributed by atoms with van der Waals surface area (Å²) in [5, 5.41) is 3.05. The molecule has 0 fully saturated rings. The van der Waals surface area contributed by atoms with Crippen molar-refractivity contribution < 1.29 is 14.3 Å². The third-order valence-corrected chi connectivity index (χ3v) is 4.08. The van der Waals surface area contributed by atoms with Crippen LogP contribution in [0.4, 0.5) is 5.69 Å². The average Bonchev–Trinajstić information content (AvgIpc) is 2.61. The molecule has 4 nitrogen and oxygen atoms in total. The van der Waals surface area contributed by atoms with E-state index in [1.807, 2.05) is 43.3 Å². The normalized spacial score (nSPS) is 11.7. The lowest BCUT2D eigenvalue weighted by molar-refractivity contribution is -0.117. The van der Waals surface area contributed by atoms with E-state index >= 15 is 0 Å². The van der Waals surface area contributed by atoms with Crippen LogP contribution < -0.4 is 14.8 Å². The third-order valence-electron chi connectivity index (χ3n) is 4.08. The summed E-state index contributed by atoms with van der Waals surface area (Å²) >= 11 is 0. The average molecular weight is 327 g/mol. The topological polar surface area (TPSA) is 47.6 Å². The number of carbonyl (C=O) groups is 1. The molecular weight excluding hydrogens is 302 g/mol. The second-order valence-electron chi connectivity index (χ2n) is 5.76. The first-order valence-corrected chi connectivity index (χ1v) is 8.19. The van der Waals surface area contributed by atoms with Crippen molar-refractivity contribution in [2.45, 2.75) is 32.6 Å². The molecule has 1 N–H and O–H groups in total. The van der Waals surface area contributed by atoms with Gasteiger partial charge in [-0.25, -0.2) is 0 Å². The monoisotopic (exact) mass is 327 g/mol. The Morgan fingerprint density at radius 2 is 1.71 bits per heavy atom. The summed E-state index contributed by atoms with van der Waals surface area (Å²) in [6, 6.07) is 13.6. The molecule has 1 amide bonds. The number of hydrogen-bond donors (Lipinski definition) is 1. The fourth-order valence-electron chi connectivity index (χ4n) is 2.76. The van der Waals surface area contributed by atoms with Crippen molar-refractivity contribution in [3.8, 4) is 11.5 Å². The Morgan fingerprint density at radius 1 is 1.08 bits per heavy atom. The second-order valence-corrected chi connectivity index (χ2v) is 5.76. The molecule has 0 bridgehead atoms. The lowest BCUT2D eigenvalue weighted by atomic mass is 9.93. The Balaban J connectivity index is 2.27. The number of methoxy groups -OCH3 is 2. The number of nitrogens with one attached hydrogen (secondary N) is 1. The lowest BCUT2D eigenvalue weighted by Crippen LogP contribution is -2.21. The van der Waals surface area contributed by atoms with E-state index in [4.69, 9.17) is 9.47 Å². The molecular formula is C20H25NO3. The summed E-state index contributed by atoms with van der Waals surface area (Å²) in [6.45, 7) is 4.03. The predicted molar refractivity (Wildman–Crippen MR) is 97.0 cm³/mol. The molecule has 0 saturated carbocycles. The molecule has 128 valence electrons. The minimum absolute atomic E-state index is 0.00151. The van der Waals surface area contributed by atoms with E-state index in [9.17, 15) is 4.79 Å². The zero-order chi connectivity index (χ0) is 17.5. The summed E-state index contributed by atoms with van der Waals surface area (Å²) in [4.78, 5) is 12.8. The van der Waals surface area contributed by atoms with Gasteiger partial charge in [0.1, 0.15) is 0 Å². The molecule has 2 rings (SSSR count). The number of benzene rings is 2. The molecule has 0 saturated heterocycles. The molecule has 2 aromatic rings. The first-order valence-electron chi connectivity index (χ1n) is 8.19. The minimum Gasteiger partial charge on any atom is -0.493 e. The van der Waals surface area contributed by atoms with Crippen LogP contribution in [0.2, 0.25) is 0 Å². The van der Waals surface area contributed by atoms with Crippen LogP contribution in [0.15, 0.2) is 42.5 Å². The highest BCUT2D eigenvalue weighted by molar-refractivity contribution is 5.96. The van der Waals surface area contributed by atoms with Crippen LogP contribution in [-0.4, -0.2) is 20.1 Å². The van der Waals surface area contributed by atoms with Gasteiger partial charge in [-0.15, -0.1) is 0 Å². The van der Waals surface area contributed by atoms with Crippen LogP contribution in [0.5, 0.6) is 11.5 Å². The minimum atomic E-state index is -0.163. The van der Waals surface area contributed by atoms with Gasteiger partial charge in [-0.1, -0.05) is 43.7 Å². The molecule has 0 aliphatic heterocycles. The third kappa shape index (κ3) is 4.07. The lowest BCUT2D eigenvalue weighted by Gasteiger charge is -2.19. The van der Waals surface area contributed by atoms with Gasteiger partial charge in [0.2, 0.25) is 5.91 Å². The maximum Gasteiger partial charge on any atom is 0.231 e. The quantitative estimate of drug-likeness (QED) is 0.812. The smallest absolute Gasteiger partial charge is 0.231 e. The van der Waals surface area contributed by atoms with Gasteiger partial charge in [-0.05, 0) is 30.5 Å². The van der Waals surface area contributed by atoms with E-state index in [-0.39, 0.29) is 11.8 Å². The Bertz CT molecular complexity index is 683. The molecule has 0 radical (unpaired) electrons. The number of amides is 1. The predicted octanol–water partition coefficient (Wildman–Crippen LogP) is 4.53. The van der Waals surface area contributed by atoms with Crippen LogP contribution in [0.3, 0.4) is 0 Å². The summed E-state index contributed by atoms with van der Waals surface area (Å²) in [5.74, 6) is 1.09. The van der Waals surface area contributed by atoms with Gasteiger partial charge in [0.05, 0.1) is 20.1 Å². The SMILES string of the molecule is CCCC(C(=O)Nc1cc(OC)c(OC)cc1C)c1ccccc1. The molecule has 0 aromatic heterocycles. The van der Waals surface area contributed by atoms with Crippen molar-refractivity contribution in [2.75, 3.05) is 19.5 Å². The molecule has 0 aliphatic rings. The zero-order valence-corrected chi connectivity index (χ0v) is 14.8. The summed E-state index contributed by atoms with van der Waals surface area (Å²) in [5.41, 5.74) is 2.72. The van der Waals surface area contributed by atoms with E-state index in [0.29, 0.717) is 11.5 Å². The molecule has 0 aliphatic carbocycles. The zero-order valence-electron chi connectivity index (χ0n) is 14.8. The molecule has 1 unspecified atom stereocenters. The van der Waals surface area contributed by atoms with E-state index in [1.54, 1.807) is 20.3 Å². The summed E-state index contributed by atoms with van der Waals surface area (Å²) in [7, 11) is 3.19. The van der Waals surface area contributed by atoms with E-state index in [1.165, 1.54) is 0 Å². The van der Waals surface area contributed by atoms with Gasteiger partial charge in [-0.3, -0.25) is 4.79 Å². The standard InChI is InChI=1S/C20H25NO3/c1-5-9-16(15-10-7-6-8-11-15)20(22)21-17-13-19(24-4)18(23-3)12-14(17)2/h6-8,10-13,16H,5,9H2,1-4H3,(H,21,22). The highest BCUT2D eigenvalue weighted by Gasteiger charge is 2.21. The number of carbonyl (C=O) groups excluding carboxylic acids is 1. The first kappa shape index (κ1) is 17.9. The molecule has 24 heavy (non-hydrogen) atoms. The second kappa shape index (κ2) is 8.39. The maximum absolute atomic E-state index is 12.8. The molecule has 0 spiro atoms. The van der Waals surface area contributed by atoms with Crippen LogP contribution in [0.25, 0.3) is 0 Å². The van der Waals surface area contributed by atoms with Crippen molar-refractivity contribution >= 4 is 11.6 Å². The number of rotatable bonds is 7. The van der Waals surface area contributed by atoms with Gasteiger partial charge >= 0.3 is 0 Å². The molecule has 2 aromatic carbocycles. The fraction of sp³-hybridized carbons (Fsp3) is 0.350. The number of anilines is 1. The molecule has 0 heterocycles. The summed E-state index contributed by atoms with van der Waals surface area (Å²) < 4.78 is 10.6. The highest BCUT2D eigenvalue weighted by atomic mass is 16.5. The number of aryl methyl sites for hydroxylation is 1. The van der Waals surface area contributed by atoms with Gasteiger partial charge < -0.3 is 14.8 Å². The largest absolute Gasteiger partial charge is 0.493 e. The number of ether oxygens (including phenoxy) is 2. The van der Waals surface area contributed by atoms with Gasteiger partial charge in [0, 0.05) is 11.8 Å². The Labute approximate surface area is 143 Å². The molecule has 1 atom stereocenters.